The maximum absolute atomic E-state index is 10.9. The second-order valence-electron chi connectivity index (χ2n) is 2.34. The molecule has 3 nitrogen and oxygen atoms in total. The number of amides is 1. The van der Waals surface area contributed by atoms with Gasteiger partial charge in [-0.25, -0.2) is 0 Å². The fourth-order valence-electron chi connectivity index (χ4n) is 0.965. The molecule has 0 atom stereocenters. The number of pyridine rings is 1. The van der Waals surface area contributed by atoms with Crippen molar-refractivity contribution in [2.75, 3.05) is 5.33 Å². The Balaban J connectivity index is 3.00. The van der Waals surface area contributed by atoms with E-state index in [1.165, 1.54) is 6.20 Å². The van der Waals surface area contributed by atoms with Gasteiger partial charge in [-0.2, -0.15) is 0 Å². The van der Waals surface area contributed by atoms with Crippen LogP contribution in [0.25, 0.3) is 0 Å². The van der Waals surface area contributed by atoms with E-state index >= 15 is 0 Å². The number of nitrogens with two attached hydrogens (primary N) is 1. The van der Waals surface area contributed by atoms with Crippen molar-refractivity contribution in [2.24, 2.45) is 5.73 Å². The summed E-state index contributed by atoms with van der Waals surface area (Å²) in [7, 11) is 0. The Morgan fingerprint density at radius 3 is 3.00 bits per heavy atom. The maximum atomic E-state index is 10.9. The van der Waals surface area contributed by atoms with Gasteiger partial charge >= 0.3 is 0 Å². The monoisotopic (exact) mass is 228 g/mol. The molecule has 1 amide bonds. The average Bonchev–Trinajstić information content (AvgIpc) is 2.05. The quantitative estimate of drug-likeness (QED) is 0.789. The third-order valence-electron chi connectivity index (χ3n) is 1.54. The zero-order valence-corrected chi connectivity index (χ0v) is 8.04. The van der Waals surface area contributed by atoms with E-state index in [4.69, 9.17) is 5.73 Å². The summed E-state index contributed by atoms with van der Waals surface area (Å²) in [4.78, 5) is 14.7. The van der Waals surface area contributed by atoms with Crippen LogP contribution in [0.15, 0.2) is 18.5 Å². The number of alkyl halides is 1. The molecular weight excluding hydrogens is 220 g/mol. The number of aryl methyl sites for hydroxylation is 1. The van der Waals surface area contributed by atoms with Crippen molar-refractivity contribution in [1.82, 2.24) is 4.98 Å². The highest BCUT2D eigenvalue weighted by molar-refractivity contribution is 9.09. The van der Waals surface area contributed by atoms with E-state index < -0.39 is 5.91 Å². The van der Waals surface area contributed by atoms with Gasteiger partial charge < -0.3 is 5.73 Å². The minimum atomic E-state index is -0.418. The molecule has 0 unspecified atom stereocenters. The van der Waals surface area contributed by atoms with Crippen LogP contribution >= 0.6 is 15.9 Å². The first-order chi connectivity index (χ1) is 5.75. The number of carbonyl (C=O) groups excluding carboxylic acids is 1. The Morgan fingerprint density at radius 1 is 1.67 bits per heavy atom. The topological polar surface area (TPSA) is 56.0 Å². The summed E-state index contributed by atoms with van der Waals surface area (Å²) >= 11 is 3.30. The highest BCUT2D eigenvalue weighted by Crippen LogP contribution is 2.07. The lowest BCUT2D eigenvalue weighted by atomic mass is 10.1. The predicted octanol–water partition coefficient (Wildman–Crippen LogP) is 1.12. The van der Waals surface area contributed by atoms with E-state index in [-0.39, 0.29) is 0 Å². The average molecular weight is 229 g/mol. The van der Waals surface area contributed by atoms with Gasteiger partial charge in [-0.3, -0.25) is 9.78 Å². The summed E-state index contributed by atoms with van der Waals surface area (Å²) in [6.45, 7) is 0. The molecule has 0 spiro atoms. The lowest BCUT2D eigenvalue weighted by Crippen LogP contribution is -2.14. The minimum Gasteiger partial charge on any atom is -0.366 e. The van der Waals surface area contributed by atoms with E-state index in [2.05, 4.69) is 20.9 Å². The molecule has 64 valence electrons. The predicted molar refractivity (Wildman–Crippen MR) is 50.3 cm³/mol. The SMILES string of the molecule is NC(=O)c1cnccc1CCBr. The molecule has 1 heterocycles. The van der Waals surface area contributed by atoms with Gasteiger partial charge in [0.2, 0.25) is 0 Å². The van der Waals surface area contributed by atoms with E-state index in [9.17, 15) is 4.79 Å². The van der Waals surface area contributed by atoms with Gasteiger partial charge in [0.1, 0.15) is 0 Å². The van der Waals surface area contributed by atoms with Crippen molar-refractivity contribution in [2.45, 2.75) is 6.42 Å². The number of hydrogen-bond donors (Lipinski definition) is 1. The van der Waals surface area contributed by atoms with E-state index in [0.717, 1.165) is 17.3 Å². The second kappa shape index (κ2) is 4.21. The molecule has 12 heavy (non-hydrogen) atoms. The van der Waals surface area contributed by atoms with E-state index in [1.54, 1.807) is 12.3 Å². The number of carbonyl (C=O) groups is 1. The zero-order valence-electron chi connectivity index (χ0n) is 6.46. The first-order valence-corrected chi connectivity index (χ1v) is 4.66. The van der Waals surface area contributed by atoms with Crippen LogP contribution in [-0.2, 0) is 6.42 Å². The first-order valence-electron chi connectivity index (χ1n) is 3.54. The summed E-state index contributed by atoms with van der Waals surface area (Å²) in [5.41, 5.74) is 6.60. The number of nitrogens with zero attached hydrogens (tertiary/aromatic N) is 1. The van der Waals surface area contributed by atoms with Crippen molar-refractivity contribution in [3.8, 4) is 0 Å². The van der Waals surface area contributed by atoms with Crippen LogP contribution in [0.2, 0.25) is 0 Å². The highest BCUT2D eigenvalue weighted by atomic mass is 79.9. The molecule has 0 aliphatic heterocycles. The lowest BCUT2D eigenvalue weighted by Gasteiger charge is -2.02. The summed E-state index contributed by atoms with van der Waals surface area (Å²) in [5.74, 6) is -0.418. The van der Waals surface area contributed by atoms with Crippen molar-refractivity contribution in [1.29, 1.82) is 0 Å². The van der Waals surface area contributed by atoms with Crippen LogP contribution in [0.1, 0.15) is 15.9 Å². The Bertz CT molecular complexity index is 288. The standard InChI is InChI=1S/C8H9BrN2O/c9-3-1-6-2-4-11-5-7(6)8(10)12/h2,4-5H,1,3H2,(H2,10,12). The van der Waals surface area contributed by atoms with Crippen LogP contribution in [0.4, 0.5) is 0 Å². The largest absolute Gasteiger partial charge is 0.366 e. The molecule has 2 N–H and O–H groups in total. The third-order valence-corrected chi connectivity index (χ3v) is 1.94. The number of rotatable bonds is 3. The lowest BCUT2D eigenvalue weighted by molar-refractivity contribution is 0.0999. The second-order valence-corrected chi connectivity index (χ2v) is 3.13. The van der Waals surface area contributed by atoms with Gasteiger partial charge in [0.25, 0.3) is 5.91 Å². The molecule has 0 aliphatic carbocycles. The minimum absolute atomic E-state index is 0.418. The van der Waals surface area contributed by atoms with E-state index in [0.29, 0.717) is 5.56 Å². The van der Waals surface area contributed by atoms with Crippen molar-refractivity contribution < 1.29 is 4.79 Å². The highest BCUT2D eigenvalue weighted by Gasteiger charge is 2.05. The van der Waals surface area contributed by atoms with Gasteiger partial charge in [-0.05, 0) is 18.1 Å². The summed E-state index contributed by atoms with van der Waals surface area (Å²) < 4.78 is 0. The summed E-state index contributed by atoms with van der Waals surface area (Å²) in [6, 6.07) is 1.81. The molecule has 0 radical (unpaired) electrons. The number of halogens is 1. The molecule has 0 aromatic carbocycles. The molecule has 0 saturated carbocycles. The smallest absolute Gasteiger partial charge is 0.250 e. The van der Waals surface area contributed by atoms with Crippen molar-refractivity contribution >= 4 is 21.8 Å². The zero-order chi connectivity index (χ0) is 8.97. The van der Waals surface area contributed by atoms with Crippen LogP contribution in [-0.4, -0.2) is 16.2 Å². The fourth-order valence-corrected chi connectivity index (χ4v) is 1.39. The fraction of sp³-hybridized carbons (Fsp3) is 0.250. The molecule has 1 aromatic rings. The van der Waals surface area contributed by atoms with Crippen molar-refractivity contribution in [3.63, 3.8) is 0 Å². The molecule has 1 aromatic heterocycles. The Morgan fingerprint density at radius 2 is 2.42 bits per heavy atom. The van der Waals surface area contributed by atoms with E-state index in [1.807, 2.05) is 0 Å². The first kappa shape index (κ1) is 9.19. The Hall–Kier alpha value is -0.900. The molecule has 0 fully saturated rings. The van der Waals surface area contributed by atoms with Gasteiger partial charge in [0.15, 0.2) is 0 Å². The molecular formula is C8H9BrN2O. The molecule has 0 bridgehead atoms. The van der Waals surface area contributed by atoms with Crippen LogP contribution in [0.3, 0.4) is 0 Å². The van der Waals surface area contributed by atoms with Gasteiger partial charge in [-0.15, -0.1) is 0 Å². The molecule has 1 rings (SSSR count). The van der Waals surface area contributed by atoms with Gasteiger partial charge in [0.05, 0.1) is 5.56 Å². The normalized spacial score (nSPS) is 9.75. The van der Waals surface area contributed by atoms with Gasteiger partial charge in [-0.1, -0.05) is 15.9 Å². The molecule has 0 saturated heterocycles. The summed E-state index contributed by atoms with van der Waals surface area (Å²) in [6.07, 6.45) is 3.95. The third kappa shape index (κ3) is 2.04. The Labute approximate surface area is 79.1 Å². The Kier molecular flexibility index (Phi) is 3.22. The number of primary amides is 1. The number of hydrogen-bond acceptors (Lipinski definition) is 2. The van der Waals surface area contributed by atoms with Gasteiger partial charge in [0, 0.05) is 17.7 Å². The van der Waals surface area contributed by atoms with Crippen LogP contribution < -0.4 is 5.73 Å². The van der Waals surface area contributed by atoms with Crippen LogP contribution in [0.5, 0.6) is 0 Å². The van der Waals surface area contributed by atoms with Crippen LogP contribution in [0, 0.1) is 0 Å². The van der Waals surface area contributed by atoms with Crippen molar-refractivity contribution in [3.05, 3.63) is 29.6 Å². The molecule has 4 heteroatoms. The maximum Gasteiger partial charge on any atom is 0.250 e. The summed E-state index contributed by atoms with van der Waals surface area (Å²) in [5, 5.41) is 0.817. The molecule has 0 aliphatic rings. The number of aromatic nitrogens is 1.